The fourth-order valence-electron chi connectivity index (χ4n) is 7.67. The number of fused-ring (bicyclic) bond motifs is 4. The van der Waals surface area contributed by atoms with E-state index in [1.165, 1.54) is 25.7 Å². The first kappa shape index (κ1) is 26.7. The molecule has 0 radical (unpaired) electrons. The minimum atomic E-state index is -0.149. The van der Waals surface area contributed by atoms with Gasteiger partial charge in [0.1, 0.15) is 0 Å². The van der Waals surface area contributed by atoms with Crippen LogP contribution in [-0.2, 0) is 0 Å². The van der Waals surface area contributed by atoms with E-state index in [9.17, 15) is 9.59 Å². The fraction of sp³-hybridized carbons (Fsp3) is 0.486. The molecule has 43 heavy (non-hydrogen) atoms. The van der Waals surface area contributed by atoms with Crippen molar-refractivity contribution in [2.75, 3.05) is 26.2 Å². The standard InChI is InChI=1S/C35H38N6O2/c1-3-34-17-35(4-2,20-40(18-34)32(42)24-9-11-26-28(13-24)38-30(15-36-26)22-5-6-22)21-41(19-34)33(43)25-10-12-27-29(14-25)39-31(16-37-27)23-7-8-23/h9-16,22-23H,3-8,17-21H2,1-2H3. The number of rotatable bonds is 6. The third-order valence-electron chi connectivity index (χ3n) is 10.5. The number of hydrogen-bond donors (Lipinski definition) is 0. The highest BCUT2D eigenvalue weighted by Gasteiger charge is 2.53. The second-order valence-corrected chi connectivity index (χ2v) is 13.8. The molecule has 0 atom stereocenters. The average molecular weight is 575 g/mol. The van der Waals surface area contributed by atoms with Crippen molar-refractivity contribution in [3.05, 3.63) is 71.3 Å². The lowest BCUT2D eigenvalue weighted by Gasteiger charge is -2.58. The minimum absolute atomic E-state index is 0.0511. The summed E-state index contributed by atoms with van der Waals surface area (Å²) in [6, 6.07) is 11.5. The van der Waals surface area contributed by atoms with E-state index in [1.807, 2.05) is 48.8 Å². The number of nitrogens with zero attached hydrogens (tertiary/aromatic N) is 6. The normalized spacial score (nSPS) is 25.3. The van der Waals surface area contributed by atoms with Crippen LogP contribution in [0, 0.1) is 10.8 Å². The maximum Gasteiger partial charge on any atom is 0.253 e. The van der Waals surface area contributed by atoms with Crippen molar-refractivity contribution in [1.29, 1.82) is 0 Å². The predicted molar refractivity (Wildman–Crippen MR) is 165 cm³/mol. The van der Waals surface area contributed by atoms with Crippen LogP contribution in [0.15, 0.2) is 48.8 Å². The topological polar surface area (TPSA) is 92.2 Å². The van der Waals surface area contributed by atoms with Gasteiger partial charge in [0.2, 0.25) is 0 Å². The zero-order valence-corrected chi connectivity index (χ0v) is 25.1. The highest BCUT2D eigenvalue weighted by Crippen LogP contribution is 2.50. The van der Waals surface area contributed by atoms with Gasteiger partial charge in [-0.1, -0.05) is 13.8 Å². The Hall–Kier alpha value is -3.94. The Morgan fingerprint density at radius 3 is 1.47 bits per heavy atom. The molecule has 220 valence electrons. The van der Waals surface area contributed by atoms with Gasteiger partial charge in [0.25, 0.3) is 11.8 Å². The van der Waals surface area contributed by atoms with Crippen molar-refractivity contribution in [3.8, 4) is 0 Å². The summed E-state index contributed by atoms with van der Waals surface area (Å²) in [7, 11) is 0. The van der Waals surface area contributed by atoms with Crippen LogP contribution < -0.4 is 0 Å². The van der Waals surface area contributed by atoms with Crippen molar-refractivity contribution < 1.29 is 9.59 Å². The molecule has 0 N–H and O–H groups in total. The summed E-state index contributed by atoms with van der Waals surface area (Å²) < 4.78 is 0. The molecule has 4 heterocycles. The van der Waals surface area contributed by atoms with Gasteiger partial charge in [0.15, 0.2) is 0 Å². The summed E-state index contributed by atoms with van der Waals surface area (Å²) in [5.41, 5.74) is 6.34. The molecule has 2 aromatic carbocycles. The van der Waals surface area contributed by atoms with Crippen LogP contribution in [0.1, 0.15) is 103 Å². The maximum absolute atomic E-state index is 14.0. The molecule has 8 nitrogen and oxygen atoms in total. The van der Waals surface area contributed by atoms with Gasteiger partial charge in [-0.05, 0) is 81.3 Å². The molecule has 2 saturated heterocycles. The zero-order chi connectivity index (χ0) is 29.3. The van der Waals surface area contributed by atoms with Gasteiger partial charge in [0, 0.05) is 72.4 Å². The van der Waals surface area contributed by atoms with Crippen molar-refractivity contribution in [3.63, 3.8) is 0 Å². The van der Waals surface area contributed by atoms with E-state index >= 15 is 0 Å². The number of piperidine rings is 2. The molecule has 4 fully saturated rings. The predicted octanol–water partition coefficient (Wildman–Crippen LogP) is 6.12. The fourth-order valence-corrected chi connectivity index (χ4v) is 7.67. The molecule has 2 bridgehead atoms. The Morgan fingerprint density at radius 1 is 0.674 bits per heavy atom. The number of aromatic nitrogens is 4. The summed E-state index contributed by atoms with van der Waals surface area (Å²) in [6.07, 6.45) is 11.3. The summed E-state index contributed by atoms with van der Waals surface area (Å²) in [6.45, 7) is 7.00. The second-order valence-electron chi connectivity index (χ2n) is 13.8. The lowest BCUT2D eigenvalue weighted by atomic mass is 9.61. The molecule has 0 unspecified atom stereocenters. The van der Waals surface area contributed by atoms with Crippen LogP contribution in [0.25, 0.3) is 22.1 Å². The first-order valence-electron chi connectivity index (χ1n) is 16.0. The van der Waals surface area contributed by atoms with Crippen molar-refractivity contribution in [2.24, 2.45) is 10.8 Å². The molecule has 4 aliphatic rings. The van der Waals surface area contributed by atoms with E-state index < -0.39 is 0 Å². The van der Waals surface area contributed by atoms with Gasteiger partial charge in [-0.2, -0.15) is 0 Å². The Morgan fingerprint density at radius 2 is 1.09 bits per heavy atom. The Kier molecular flexibility index (Phi) is 6.07. The molecule has 2 saturated carbocycles. The second kappa shape index (κ2) is 9.79. The van der Waals surface area contributed by atoms with E-state index in [4.69, 9.17) is 9.97 Å². The van der Waals surface area contributed by atoms with Crippen molar-refractivity contribution in [2.45, 2.75) is 70.6 Å². The highest BCUT2D eigenvalue weighted by atomic mass is 16.2. The molecule has 8 heteroatoms. The van der Waals surface area contributed by atoms with Gasteiger partial charge >= 0.3 is 0 Å². The summed E-state index contributed by atoms with van der Waals surface area (Å²) >= 11 is 0. The number of carbonyl (C=O) groups is 2. The first-order valence-corrected chi connectivity index (χ1v) is 16.0. The van der Waals surface area contributed by atoms with Gasteiger partial charge < -0.3 is 9.80 Å². The van der Waals surface area contributed by atoms with E-state index in [-0.39, 0.29) is 22.6 Å². The van der Waals surface area contributed by atoms with E-state index in [2.05, 4.69) is 33.6 Å². The summed E-state index contributed by atoms with van der Waals surface area (Å²) in [5, 5.41) is 0. The summed E-state index contributed by atoms with van der Waals surface area (Å²) in [5.74, 6) is 1.13. The molecule has 2 aromatic heterocycles. The quantitative estimate of drug-likeness (QED) is 0.275. The molecule has 2 aliphatic carbocycles. The largest absolute Gasteiger partial charge is 0.337 e. The monoisotopic (exact) mass is 574 g/mol. The molecule has 2 aliphatic heterocycles. The van der Waals surface area contributed by atoms with E-state index in [0.29, 0.717) is 49.1 Å². The molecule has 0 spiro atoms. The molecular weight excluding hydrogens is 536 g/mol. The van der Waals surface area contributed by atoms with Crippen LogP contribution in [0.5, 0.6) is 0 Å². The summed E-state index contributed by atoms with van der Waals surface area (Å²) in [4.78, 5) is 51.1. The lowest BCUT2D eigenvalue weighted by molar-refractivity contribution is -0.0732. The van der Waals surface area contributed by atoms with Gasteiger partial charge in [-0.25, -0.2) is 9.97 Å². The first-order chi connectivity index (χ1) is 20.9. The number of likely N-dealkylation sites (tertiary alicyclic amines) is 2. The Labute approximate surface area is 251 Å². The van der Waals surface area contributed by atoms with Gasteiger partial charge in [0.05, 0.1) is 33.5 Å². The van der Waals surface area contributed by atoms with E-state index in [1.54, 1.807) is 0 Å². The van der Waals surface area contributed by atoms with Crippen LogP contribution in [0.4, 0.5) is 0 Å². The molecule has 8 rings (SSSR count). The van der Waals surface area contributed by atoms with Crippen molar-refractivity contribution in [1.82, 2.24) is 29.7 Å². The lowest BCUT2D eigenvalue weighted by Crippen LogP contribution is -2.65. The molecular formula is C35H38N6O2. The third kappa shape index (κ3) is 4.75. The van der Waals surface area contributed by atoms with Crippen LogP contribution >= 0.6 is 0 Å². The Bertz CT molecular complexity index is 1640. The molecule has 2 amide bonds. The highest BCUT2D eigenvalue weighted by molar-refractivity contribution is 5.98. The van der Waals surface area contributed by atoms with Crippen molar-refractivity contribution >= 4 is 33.9 Å². The zero-order valence-electron chi connectivity index (χ0n) is 25.1. The number of amides is 2. The van der Waals surface area contributed by atoms with Crippen LogP contribution in [0.3, 0.4) is 0 Å². The van der Waals surface area contributed by atoms with Gasteiger partial charge in [-0.3, -0.25) is 19.6 Å². The van der Waals surface area contributed by atoms with Crippen LogP contribution in [0.2, 0.25) is 0 Å². The van der Waals surface area contributed by atoms with Gasteiger partial charge in [-0.15, -0.1) is 0 Å². The number of carbonyl (C=O) groups excluding carboxylic acids is 2. The van der Waals surface area contributed by atoms with E-state index in [0.717, 1.165) is 52.7 Å². The smallest absolute Gasteiger partial charge is 0.253 e. The average Bonchev–Trinajstić information content (AvgIpc) is 3.96. The molecule has 4 aromatic rings. The number of benzene rings is 2. The third-order valence-corrected chi connectivity index (χ3v) is 10.5. The maximum atomic E-state index is 14.0. The Balaban J connectivity index is 1.06. The number of hydrogen-bond acceptors (Lipinski definition) is 6. The minimum Gasteiger partial charge on any atom is -0.337 e. The SMILES string of the molecule is CCC12CN(C(=O)c3ccc4ncc(C5CC5)nc4c3)CC(CC)(CN(C(=O)c3ccc4ncc(C5CC5)nc4c3)C1)C2. The van der Waals surface area contributed by atoms with Crippen LogP contribution in [-0.4, -0.2) is 67.7 Å².